The Morgan fingerprint density at radius 2 is 1.79 bits per heavy atom. The molecule has 1 aliphatic heterocycles. The molecule has 0 saturated carbocycles. The summed E-state index contributed by atoms with van der Waals surface area (Å²) < 4.78 is 83.4. The van der Waals surface area contributed by atoms with Crippen LogP contribution >= 0.6 is 0 Å². The lowest BCUT2D eigenvalue weighted by Crippen LogP contribution is -2.48. The molecule has 3 heterocycles. The van der Waals surface area contributed by atoms with Crippen LogP contribution in [-0.4, -0.2) is 44.7 Å². The monoisotopic (exact) mass is 602 g/mol. The largest absolute Gasteiger partial charge is 0.493 e. The first kappa shape index (κ1) is 29.3. The highest BCUT2D eigenvalue weighted by molar-refractivity contribution is 6.02. The Morgan fingerprint density at radius 1 is 1.05 bits per heavy atom. The molecule has 0 aliphatic carbocycles. The van der Waals surface area contributed by atoms with E-state index in [2.05, 4.69) is 25.1 Å². The molecule has 9 nitrogen and oxygen atoms in total. The summed E-state index contributed by atoms with van der Waals surface area (Å²) in [5, 5.41) is 2.97. The summed E-state index contributed by atoms with van der Waals surface area (Å²) in [5.41, 5.74) is 0.318. The van der Waals surface area contributed by atoms with Gasteiger partial charge in [-0.05, 0) is 60.9 Å². The van der Waals surface area contributed by atoms with Crippen molar-refractivity contribution in [2.75, 3.05) is 16.8 Å². The van der Waals surface area contributed by atoms with E-state index in [4.69, 9.17) is 0 Å². The lowest BCUT2D eigenvalue weighted by Gasteiger charge is -2.35. The molecule has 15 heteroatoms. The molecule has 5 rings (SSSR count). The van der Waals surface area contributed by atoms with Gasteiger partial charge in [0.05, 0.1) is 12.2 Å². The van der Waals surface area contributed by atoms with Crippen molar-refractivity contribution in [3.63, 3.8) is 0 Å². The number of carbonyl (C=O) groups is 2. The number of hydrogen-bond donors (Lipinski definition) is 1. The summed E-state index contributed by atoms with van der Waals surface area (Å²) >= 11 is 0. The number of hydroxylamine groups is 2. The molecule has 222 valence electrons. The van der Waals surface area contributed by atoms with E-state index in [1.807, 2.05) is 6.07 Å². The minimum absolute atomic E-state index is 0.00522. The third-order valence-electron chi connectivity index (χ3n) is 6.35. The van der Waals surface area contributed by atoms with Crippen LogP contribution in [0.1, 0.15) is 16.7 Å². The van der Waals surface area contributed by atoms with Gasteiger partial charge in [-0.15, -0.1) is 5.06 Å². The summed E-state index contributed by atoms with van der Waals surface area (Å²) in [6, 6.07) is 8.32. The van der Waals surface area contributed by atoms with Crippen LogP contribution in [0.2, 0.25) is 0 Å². The number of aromatic nitrogens is 3. The van der Waals surface area contributed by atoms with Crippen molar-refractivity contribution in [1.29, 1.82) is 0 Å². The average molecular weight is 602 g/mol. The normalized spacial score (nSPS) is 13.1. The fraction of sp³-hybridized carbons (Fsp3) is 0.179. The van der Waals surface area contributed by atoms with Crippen molar-refractivity contribution in [3.05, 3.63) is 95.1 Å². The number of hydrogen-bond acceptors (Lipinski definition) is 7. The number of urea groups is 1. The van der Waals surface area contributed by atoms with Crippen molar-refractivity contribution in [2.45, 2.75) is 26.1 Å². The van der Waals surface area contributed by atoms with Crippen LogP contribution in [0.15, 0.2) is 60.9 Å². The molecular weight excluding hydrogens is 582 g/mol. The topological polar surface area (TPSA) is 101 Å². The molecule has 0 saturated heterocycles. The Bertz CT molecular complexity index is 1680. The van der Waals surface area contributed by atoms with Crippen LogP contribution in [0.3, 0.4) is 0 Å². The van der Waals surface area contributed by atoms with E-state index in [-0.39, 0.29) is 34.4 Å². The van der Waals surface area contributed by atoms with Crippen molar-refractivity contribution in [1.82, 2.24) is 20.0 Å². The van der Waals surface area contributed by atoms with E-state index in [9.17, 15) is 27.2 Å². The second-order valence-corrected chi connectivity index (χ2v) is 9.30. The number of halogens is 6. The van der Waals surface area contributed by atoms with Gasteiger partial charge in [0.25, 0.3) is 0 Å². The maximum Gasteiger partial charge on any atom is 0.493 e. The first-order chi connectivity index (χ1) is 20.4. The number of amides is 2. The zero-order valence-electron chi connectivity index (χ0n) is 22.1. The summed E-state index contributed by atoms with van der Waals surface area (Å²) in [6.45, 7) is 0.945. The van der Waals surface area contributed by atoms with Gasteiger partial charge in [-0.2, -0.15) is 18.2 Å². The predicted octanol–water partition coefficient (Wildman–Crippen LogP) is 6.01. The Balaban J connectivity index is 1.68. The number of alkyl halides is 3. The first-order valence-corrected chi connectivity index (χ1v) is 12.6. The number of fused-ring (bicyclic) bond motifs is 1. The van der Waals surface area contributed by atoms with Gasteiger partial charge in [0.1, 0.15) is 23.1 Å². The highest BCUT2D eigenvalue weighted by Crippen LogP contribution is 2.41. The van der Waals surface area contributed by atoms with Crippen LogP contribution in [0.4, 0.5) is 48.6 Å². The van der Waals surface area contributed by atoms with E-state index in [0.717, 1.165) is 29.8 Å². The standard InChI is InChI=1S/C28H20F6N6O3/c1-15-12-17(29)7-8-18(15)22-19-14-39(43-25(41)28(32,33)34)27(42)40(23-20(30)5-2-6-21(23)31)24(19)38-26(37-22)36-11-9-16-4-3-10-35-13-16/h2-8,10,12-13H,9,11,14H2,1H3,(H,36,37,38). The van der Waals surface area contributed by atoms with Gasteiger partial charge >= 0.3 is 18.2 Å². The highest BCUT2D eigenvalue weighted by Gasteiger charge is 2.46. The van der Waals surface area contributed by atoms with Crippen LogP contribution in [0, 0.1) is 24.4 Å². The fourth-order valence-electron chi connectivity index (χ4n) is 4.40. The maximum absolute atomic E-state index is 15.1. The quantitative estimate of drug-likeness (QED) is 0.259. The van der Waals surface area contributed by atoms with Crippen LogP contribution in [0.5, 0.6) is 0 Å². The molecule has 1 aliphatic rings. The van der Waals surface area contributed by atoms with Gasteiger partial charge in [0.2, 0.25) is 5.95 Å². The van der Waals surface area contributed by atoms with Crippen LogP contribution in [0.25, 0.3) is 11.3 Å². The lowest BCUT2D eigenvalue weighted by atomic mass is 10.00. The van der Waals surface area contributed by atoms with E-state index in [1.165, 1.54) is 19.1 Å². The molecule has 2 amide bonds. The number of anilines is 3. The Kier molecular flexibility index (Phi) is 7.89. The summed E-state index contributed by atoms with van der Waals surface area (Å²) in [7, 11) is 0. The smallest absolute Gasteiger partial charge is 0.354 e. The Morgan fingerprint density at radius 3 is 2.44 bits per heavy atom. The molecule has 0 fully saturated rings. The number of pyridine rings is 1. The second-order valence-electron chi connectivity index (χ2n) is 9.30. The third kappa shape index (κ3) is 6.05. The number of nitrogens with one attached hydrogen (secondary N) is 1. The second kappa shape index (κ2) is 11.6. The molecule has 0 atom stereocenters. The van der Waals surface area contributed by atoms with Gasteiger partial charge in [0.15, 0.2) is 5.82 Å². The van der Waals surface area contributed by atoms with Gasteiger partial charge in [-0.3, -0.25) is 4.98 Å². The van der Waals surface area contributed by atoms with E-state index < -0.39 is 53.7 Å². The minimum atomic E-state index is -5.50. The fourth-order valence-corrected chi connectivity index (χ4v) is 4.40. The number of rotatable bonds is 7. The molecule has 0 bridgehead atoms. The molecule has 43 heavy (non-hydrogen) atoms. The van der Waals surface area contributed by atoms with Crippen molar-refractivity contribution in [2.24, 2.45) is 0 Å². The first-order valence-electron chi connectivity index (χ1n) is 12.6. The number of para-hydroxylation sites is 1. The van der Waals surface area contributed by atoms with Crippen LogP contribution < -0.4 is 10.2 Å². The SMILES string of the molecule is Cc1cc(F)ccc1-c1nc(NCCc2cccnc2)nc2c1CN(OC(=O)C(F)(F)F)C(=O)N2c1c(F)cccc1F. The van der Waals surface area contributed by atoms with Gasteiger partial charge in [-0.1, -0.05) is 12.1 Å². The summed E-state index contributed by atoms with van der Waals surface area (Å²) in [4.78, 5) is 42.7. The molecule has 0 unspecified atom stereocenters. The number of aryl methyl sites for hydroxylation is 1. The van der Waals surface area contributed by atoms with Crippen molar-refractivity contribution < 1.29 is 40.8 Å². The van der Waals surface area contributed by atoms with Crippen molar-refractivity contribution in [3.8, 4) is 11.3 Å². The average Bonchev–Trinajstić information content (AvgIpc) is 2.94. The minimum Gasteiger partial charge on any atom is -0.354 e. The van der Waals surface area contributed by atoms with E-state index in [1.54, 1.807) is 18.5 Å². The molecule has 1 N–H and O–H groups in total. The molecule has 0 radical (unpaired) electrons. The third-order valence-corrected chi connectivity index (χ3v) is 6.35. The molecular formula is C28H20F6N6O3. The van der Waals surface area contributed by atoms with Gasteiger partial charge in [0, 0.05) is 30.1 Å². The molecule has 2 aromatic heterocycles. The van der Waals surface area contributed by atoms with Gasteiger partial charge < -0.3 is 10.2 Å². The highest BCUT2D eigenvalue weighted by atomic mass is 19.4. The van der Waals surface area contributed by atoms with Gasteiger partial charge in [-0.25, -0.2) is 32.6 Å². The predicted molar refractivity (Wildman–Crippen MR) is 140 cm³/mol. The number of carbonyl (C=O) groups excluding carboxylic acids is 2. The number of nitrogens with zero attached hydrogens (tertiary/aromatic N) is 5. The zero-order valence-corrected chi connectivity index (χ0v) is 22.1. The van der Waals surface area contributed by atoms with E-state index in [0.29, 0.717) is 16.9 Å². The Hall–Kier alpha value is -5.21. The maximum atomic E-state index is 15.1. The summed E-state index contributed by atoms with van der Waals surface area (Å²) in [6.07, 6.45) is -1.81. The lowest BCUT2D eigenvalue weighted by molar-refractivity contribution is -0.229. The molecule has 0 spiro atoms. The number of benzene rings is 2. The molecule has 4 aromatic rings. The zero-order chi connectivity index (χ0) is 30.9. The summed E-state index contributed by atoms with van der Waals surface area (Å²) in [5.74, 6) is -6.36. The molecule has 2 aromatic carbocycles. The Labute approximate surface area is 239 Å². The van der Waals surface area contributed by atoms with Crippen LogP contribution in [-0.2, 0) is 22.6 Å². The van der Waals surface area contributed by atoms with Crippen molar-refractivity contribution >= 4 is 29.5 Å². The van der Waals surface area contributed by atoms with E-state index >= 15 is 8.78 Å².